The molecule has 0 aliphatic rings. The van der Waals surface area contributed by atoms with Gasteiger partial charge in [0.1, 0.15) is 0 Å². The average molecular weight is 220 g/mol. The van der Waals surface area contributed by atoms with E-state index >= 15 is 0 Å². The van der Waals surface area contributed by atoms with E-state index in [2.05, 4.69) is 50.1 Å². The maximum Gasteiger partial charge on any atom is 0.0233 e. The molecule has 2 nitrogen and oxygen atoms in total. The highest BCUT2D eigenvalue weighted by Gasteiger charge is 2.08. The fraction of sp³-hybridized carbons (Fsp3) is 0.571. The first kappa shape index (κ1) is 13.2. The Balaban J connectivity index is 2.51. The summed E-state index contributed by atoms with van der Waals surface area (Å²) >= 11 is 0. The van der Waals surface area contributed by atoms with Crippen molar-refractivity contribution in [3.05, 3.63) is 35.4 Å². The van der Waals surface area contributed by atoms with E-state index in [-0.39, 0.29) is 0 Å². The first-order valence-corrected chi connectivity index (χ1v) is 6.10. The summed E-state index contributed by atoms with van der Waals surface area (Å²) < 4.78 is 0. The Morgan fingerprint density at radius 3 is 2.56 bits per heavy atom. The van der Waals surface area contributed by atoms with Crippen molar-refractivity contribution in [2.75, 3.05) is 20.1 Å². The predicted octanol–water partition coefficient (Wildman–Crippen LogP) is 2.41. The van der Waals surface area contributed by atoms with Crippen molar-refractivity contribution < 1.29 is 0 Å². The minimum absolute atomic E-state index is 0.619. The van der Waals surface area contributed by atoms with Crippen molar-refractivity contribution in [1.29, 1.82) is 0 Å². The molecule has 0 bridgehead atoms. The monoisotopic (exact) mass is 220 g/mol. The van der Waals surface area contributed by atoms with Gasteiger partial charge in [-0.2, -0.15) is 0 Å². The summed E-state index contributed by atoms with van der Waals surface area (Å²) in [6.45, 7) is 7.27. The van der Waals surface area contributed by atoms with Gasteiger partial charge < -0.3 is 10.6 Å². The van der Waals surface area contributed by atoms with Crippen molar-refractivity contribution >= 4 is 0 Å². The Labute approximate surface area is 99.5 Å². The second-order valence-electron chi connectivity index (χ2n) is 4.63. The summed E-state index contributed by atoms with van der Waals surface area (Å²) in [5.74, 6) is 0.619. The van der Waals surface area contributed by atoms with Gasteiger partial charge in [0.25, 0.3) is 0 Å². The predicted molar refractivity (Wildman–Crippen MR) is 70.3 cm³/mol. The smallest absolute Gasteiger partial charge is 0.0233 e. The highest BCUT2D eigenvalue weighted by atomic mass is 15.1. The topological polar surface area (TPSA) is 29.3 Å². The lowest BCUT2D eigenvalue weighted by Crippen LogP contribution is -2.29. The number of nitrogens with two attached hydrogens (primary N) is 1. The molecule has 0 saturated carbocycles. The van der Waals surface area contributed by atoms with Crippen LogP contribution in [0.4, 0.5) is 0 Å². The van der Waals surface area contributed by atoms with Gasteiger partial charge in [-0.1, -0.05) is 37.6 Å². The number of rotatable bonds is 6. The van der Waals surface area contributed by atoms with Crippen LogP contribution >= 0.6 is 0 Å². The summed E-state index contributed by atoms with van der Waals surface area (Å²) in [5, 5.41) is 0. The maximum atomic E-state index is 5.73. The molecule has 0 fully saturated rings. The Hall–Kier alpha value is -0.860. The first-order chi connectivity index (χ1) is 7.67. The zero-order valence-corrected chi connectivity index (χ0v) is 10.7. The van der Waals surface area contributed by atoms with E-state index in [0.717, 1.165) is 26.1 Å². The Morgan fingerprint density at radius 2 is 2.00 bits per heavy atom. The molecule has 1 unspecified atom stereocenters. The molecule has 2 N–H and O–H groups in total. The van der Waals surface area contributed by atoms with Crippen LogP contribution in [0, 0.1) is 12.8 Å². The van der Waals surface area contributed by atoms with Crippen molar-refractivity contribution in [3.63, 3.8) is 0 Å². The van der Waals surface area contributed by atoms with E-state index in [1.165, 1.54) is 11.1 Å². The van der Waals surface area contributed by atoms with Crippen LogP contribution in [0.1, 0.15) is 24.5 Å². The summed E-state index contributed by atoms with van der Waals surface area (Å²) in [7, 11) is 2.17. The number of benzene rings is 1. The van der Waals surface area contributed by atoms with Gasteiger partial charge in [-0.25, -0.2) is 0 Å². The van der Waals surface area contributed by atoms with E-state index < -0.39 is 0 Å². The zero-order chi connectivity index (χ0) is 12.0. The third-order valence-electron chi connectivity index (χ3n) is 3.18. The molecule has 0 aliphatic heterocycles. The van der Waals surface area contributed by atoms with Gasteiger partial charge in [-0.3, -0.25) is 0 Å². The first-order valence-electron chi connectivity index (χ1n) is 6.10. The SMILES string of the molecule is CCC(CN)CN(C)Cc1ccccc1C. The number of nitrogens with zero attached hydrogens (tertiary/aromatic N) is 1. The third-order valence-corrected chi connectivity index (χ3v) is 3.18. The standard InChI is InChI=1S/C14H24N2/c1-4-13(9-15)10-16(3)11-14-8-6-5-7-12(14)2/h5-8,13H,4,9-11,15H2,1-3H3. The number of hydrogen-bond acceptors (Lipinski definition) is 2. The lowest BCUT2D eigenvalue weighted by molar-refractivity contribution is 0.267. The Kier molecular flexibility index (Phi) is 5.50. The summed E-state index contributed by atoms with van der Waals surface area (Å²) in [6.07, 6.45) is 1.16. The molecule has 0 radical (unpaired) electrons. The van der Waals surface area contributed by atoms with E-state index in [9.17, 15) is 0 Å². The van der Waals surface area contributed by atoms with Crippen LogP contribution < -0.4 is 5.73 Å². The molecule has 90 valence electrons. The third kappa shape index (κ3) is 3.95. The molecule has 1 atom stereocenters. The lowest BCUT2D eigenvalue weighted by atomic mass is 10.1. The second kappa shape index (κ2) is 6.66. The molecule has 0 aromatic heterocycles. The minimum Gasteiger partial charge on any atom is -0.330 e. The Bertz CT molecular complexity index is 305. The molecule has 0 saturated heterocycles. The molecule has 1 aromatic rings. The lowest BCUT2D eigenvalue weighted by Gasteiger charge is -2.22. The molecule has 0 amide bonds. The second-order valence-corrected chi connectivity index (χ2v) is 4.63. The van der Waals surface area contributed by atoms with Crippen molar-refractivity contribution in [2.24, 2.45) is 11.7 Å². The quantitative estimate of drug-likeness (QED) is 0.797. The minimum atomic E-state index is 0.619. The van der Waals surface area contributed by atoms with E-state index in [1.807, 2.05) is 0 Å². The molecule has 1 aromatic carbocycles. The van der Waals surface area contributed by atoms with Crippen LogP contribution in [-0.2, 0) is 6.54 Å². The largest absolute Gasteiger partial charge is 0.330 e. The Morgan fingerprint density at radius 1 is 1.31 bits per heavy atom. The van der Waals surface area contributed by atoms with Gasteiger partial charge in [0.05, 0.1) is 0 Å². The van der Waals surface area contributed by atoms with Crippen LogP contribution in [0.3, 0.4) is 0 Å². The van der Waals surface area contributed by atoms with Crippen LogP contribution in [0.2, 0.25) is 0 Å². The maximum absolute atomic E-state index is 5.73. The van der Waals surface area contributed by atoms with Gasteiger partial charge in [0.15, 0.2) is 0 Å². The van der Waals surface area contributed by atoms with Gasteiger partial charge in [-0.15, -0.1) is 0 Å². The molecule has 0 aliphatic carbocycles. The molecule has 0 spiro atoms. The van der Waals surface area contributed by atoms with Crippen LogP contribution in [0.5, 0.6) is 0 Å². The highest BCUT2D eigenvalue weighted by molar-refractivity contribution is 5.25. The van der Waals surface area contributed by atoms with E-state index in [0.29, 0.717) is 5.92 Å². The summed E-state index contributed by atoms with van der Waals surface area (Å²) in [4.78, 5) is 2.36. The van der Waals surface area contributed by atoms with Crippen LogP contribution in [0.25, 0.3) is 0 Å². The van der Waals surface area contributed by atoms with Gasteiger partial charge in [0, 0.05) is 13.1 Å². The van der Waals surface area contributed by atoms with Crippen LogP contribution in [0.15, 0.2) is 24.3 Å². The molecular formula is C14H24N2. The van der Waals surface area contributed by atoms with Gasteiger partial charge in [0.2, 0.25) is 0 Å². The highest BCUT2D eigenvalue weighted by Crippen LogP contribution is 2.11. The summed E-state index contributed by atoms with van der Waals surface area (Å²) in [5.41, 5.74) is 8.51. The molecular weight excluding hydrogens is 196 g/mol. The molecule has 0 heterocycles. The average Bonchev–Trinajstić information content (AvgIpc) is 2.29. The zero-order valence-electron chi connectivity index (χ0n) is 10.7. The number of aryl methyl sites for hydroxylation is 1. The fourth-order valence-electron chi connectivity index (χ4n) is 1.95. The molecule has 16 heavy (non-hydrogen) atoms. The van der Waals surface area contributed by atoms with Gasteiger partial charge >= 0.3 is 0 Å². The molecule has 1 rings (SSSR count). The van der Waals surface area contributed by atoms with Crippen molar-refractivity contribution in [3.8, 4) is 0 Å². The van der Waals surface area contributed by atoms with Gasteiger partial charge in [-0.05, 0) is 37.6 Å². The molecule has 2 heteroatoms. The van der Waals surface area contributed by atoms with Crippen molar-refractivity contribution in [2.45, 2.75) is 26.8 Å². The summed E-state index contributed by atoms with van der Waals surface area (Å²) in [6, 6.07) is 8.57. The van der Waals surface area contributed by atoms with Crippen molar-refractivity contribution in [1.82, 2.24) is 4.90 Å². The normalized spacial score (nSPS) is 13.1. The number of hydrogen-bond donors (Lipinski definition) is 1. The van der Waals surface area contributed by atoms with E-state index in [4.69, 9.17) is 5.73 Å². The fourth-order valence-corrected chi connectivity index (χ4v) is 1.95. The van der Waals surface area contributed by atoms with E-state index in [1.54, 1.807) is 0 Å². The van der Waals surface area contributed by atoms with Crippen LogP contribution in [-0.4, -0.2) is 25.0 Å².